The van der Waals surface area contributed by atoms with E-state index in [1.54, 1.807) is 7.11 Å². The van der Waals surface area contributed by atoms with E-state index in [1.165, 1.54) is 29.5 Å². The van der Waals surface area contributed by atoms with Crippen molar-refractivity contribution in [2.24, 2.45) is 5.73 Å². The van der Waals surface area contributed by atoms with Crippen molar-refractivity contribution < 1.29 is 4.74 Å². The van der Waals surface area contributed by atoms with Gasteiger partial charge in [0.2, 0.25) is 0 Å². The molecular formula is C14H23NO. The highest BCUT2D eigenvalue weighted by Gasteiger charge is 2.06. The van der Waals surface area contributed by atoms with Gasteiger partial charge in [-0.05, 0) is 50.8 Å². The highest BCUT2D eigenvalue weighted by atomic mass is 16.5. The van der Waals surface area contributed by atoms with E-state index in [1.807, 2.05) is 0 Å². The normalized spacial score (nSPS) is 10.5. The predicted octanol–water partition coefficient (Wildman–Crippen LogP) is 2.98. The van der Waals surface area contributed by atoms with Crippen molar-refractivity contribution in [3.63, 3.8) is 0 Å². The predicted molar refractivity (Wildman–Crippen MR) is 69.1 cm³/mol. The molecule has 0 unspecified atom stereocenters. The molecule has 0 spiro atoms. The zero-order valence-corrected chi connectivity index (χ0v) is 10.7. The van der Waals surface area contributed by atoms with Crippen molar-refractivity contribution in [2.75, 3.05) is 13.7 Å². The maximum absolute atomic E-state index is 5.49. The second-order valence-corrected chi connectivity index (χ2v) is 4.37. The van der Waals surface area contributed by atoms with Crippen molar-refractivity contribution in [2.45, 2.75) is 39.5 Å². The third kappa shape index (κ3) is 3.53. The Hall–Kier alpha value is -1.02. The van der Waals surface area contributed by atoms with Gasteiger partial charge in [0, 0.05) is 0 Å². The first-order valence-corrected chi connectivity index (χ1v) is 6.03. The van der Waals surface area contributed by atoms with Crippen LogP contribution in [0.2, 0.25) is 0 Å². The lowest BCUT2D eigenvalue weighted by Crippen LogP contribution is -2.00. The van der Waals surface area contributed by atoms with E-state index in [0.29, 0.717) is 0 Å². The molecule has 0 aliphatic heterocycles. The molecule has 0 aliphatic carbocycles. The fourth-order valence-electron chi connectivity index (χ4n) is 2.16. The zero-order chi connectivity index (χ0) is 12.0. The van der Waals surface area contributed by atoms with Gasteiger partial charge in [0.1, 0.15) is 5.75 Å². The maximum Gasteiger partial charge on any atom is 0.124 e. The monoisotopic (exact) mass is 221 g/mol. The third-order valence-electron chi connectivity index (χ3n) is 2.85. The minimum absolute atomic E-state index is 0.796. The number of ether oxygens (including phenoxy) is 1. The number of aryl methyl sites for hydroxylation is 3. The number of hydrogen-bond donors (Lipinski definition) is 1. The minimum atomic E-state index is 0.796. The number of hydrogen-bond acceptors (Lipinski definition) is 2. The van der Waals surface area contributed by atoms with Crippen molar-refractivity contribution in [1.82, 2.24) is 0 Å². The summed E-state index contributed by atoms with van der Waals surface area (Å²) in [5, 5.41) is 0. The van der Waals surface area contributed by atoms with Gasteiger partial charge in [0.25, 0.3) is 0 Å². The summed E-state index contributed by atoms with van der Waals surface area (Å²) in [7, 11) is 1.75. The first kappa shape index (κ1) is 13.0. The lowest BCUT2D eigenvalue weighted by molar-refractivity contribution is 0.405. The van der Waals surface area contributed by atoms with E-state index in [9.17, 15) is 0 Å². The van der Waals surface area contributed by atoms with Crippen molar-refractivity contribution in [3.8, 4) is 5.75 Å². The van der Waals surface area contributed by atoms with Gasteiger partial charge in [-0.15, -0.1) is 0 Å². The Morgan fingerprint density at radius 3 is 2.50 bits per heavy atom. The van der Waals surface area contributed by atoms with Crippen LogP contribution in [-0.4, -0.2) is 13.7 Å². The number of benzene rings is 1. The summed E-state index contributed by atoms with van der Waals surface area (Å²) >= 11 is 0. The summed E-state index contributed by atoms with van der Waals surface area (Å²) in [6, 6.07) is 4.40. The van der Waals surface area contributed by atoms with E-state index in [-0.39, 0.29) is 0 Å². The Balaban J connectivity index is 2.69. The van der Waals surface area contributed by atoms with Crippen LogP contribution in [0.1, 0.15) is 36.0 Å². The van der Waals surface area contributed by atoms with Crippen LogP contribution >= 0.6 is 0 Å². The fourth-order valence-corrected chi connectivity index (χ4v) is 2.16. The largest absolute Gasteiger partial charge is 0.496 e. The molecule has 0 bridgehead atoms. The van der Waals surface area contributed by atoms with Gasteiger partial charge >= 0.3 is 0 Å². The first-order valence-electron chi connectivity index (χ1n) is 6.03. The minimum Gasteiger partial charge on any atom is -0.496 e. The molecule has 0 saturated heterocycles. The van der Waals surface area contributed by atoms with E-state index < -0.39 is 0 Å². The van der Waals surface area contributed by atoms with Gasteiger partial charge < -0.3 is 10.5 Å². The molecule has 0 saturated carbocycles. The fraction of sp³-hybridized carbons (Fsp3) is 0.571. The van der Waals surface area contributed by atoms with Crippen LogP contribution in [-0.2, 0) is 6.42 Å². The van der Waals surface area contributed by atoms with Gasteiger partial charge in [-0.3, -0.25) is 0 Å². The molecule has 0 amide bonds. The van der Waals surface area contributed by atoms with Gasteiger partial charge in [-0.1, -0.05) is 24.1 Å². The Kier molecular flexibility index (Phi) is 5.33. The second-order valence-electron chi connectivity index (χ2n) is 4.37. The Bertz CT molecular complexity index is 334. The highest BCUT2D eigenvalue weighted by molar-refractivity contribution is 5.43. The lowest BCUT2D eigenvalue weighted by Gasteiger charge is -2.12. The molecular weight excluding hydrogens is 198 g/mol. The molecule has 1 aromatic rings. The number of methoxy groups -OCH3 is 1. The van der Waals surface area contributed by atoms with E-state index in [2.05, 4.69) is 26.0 Å². The molecule has 0 atom stereocenters. The quantitative estimate of drug-likeness (QED) is 0.749. The summed E-state index contributed by atoms with van der Waals surface area (Å²) < 4.78 is 5.46. The zero-order valence-electron chi connectivity index (χ0n) is 10.7. The van der Waals surface area contributed by atoms with Crippen LogP contribution in [0.5, 0.6) is 5.75 Å². The molecule has 0 heterocycles. The van der Waals surface area contributed by atoms with Crippen LogP contribution < -0.4 is 10.5 Å². The molecule has 1 aromatic carbocycles. The highest BCUT2D eigenvalue weighted by Crippen LogP contribution is 2.26. The summed E-state index contributed by atoms with van der Waals surface area (Å²) in [6.07, 6.45) is 4.60. The van der Waals surface area contributed by atoms with Crippen LogP contribution in [0.4, 0.5) is 0 Å². The van der Waals surface area contributed by atoms with Gasteiger partial charge in [-0.2, -0.15) is 0 Å². The van der Waals surface area contributed by atoms with E-state index in [4.69, 9.17) is 10.5 Å². The standard InChI is InChI=1S/C14H23NO/c1-11-9-12(2)14(16-3)13(10-11)7-5-4-6-8-15/h9-10H,4-8,15H2,1-3H3. The Labute approximate surface area is 98.8 Å². The molecule has 2 heteroatoms. The molecule has 16 heavy (non-hydrogen) atoms. The average Bonchev–Trinajstić information content (AvgIpc) is 2.24. The second kappa shape index (κ2) is 6.54. The summed E-state index contributed by atoms with van der Waals surface area (Å²) in [6.45, 7) is 5.04. The van der Waals surface area contributed by atoms with Crippen molar-refractivity contribution in [3.05, 3.63) is 28.8 Å². The molecule has 0 aromatic heterocycles. The van der Waals surface area contributed by atoms with Crippen LogP contribution in [0.25, 0.3) is 0 Å². The van der Waals surface area contributed by atoms with Gasteiger partial charge in [0.15, 0.2) is 0 Å². The van der Waals surface area contributed by atoms with Gasteiger partial charge in [-0.25, -0.2) is 0 Å². The molecule has 2 N–H and O–H groups in total. The van der Waals surface area contributed by atoms with E-state index in [0.717, 1.165) is 25.1 Å². The molecule has 2 nitrogen and oxygen atoms in total. The lowest BCUT2D eigenvalue weighted by atomic mass is 10.0. The first-order chi connectivity index (χ1) is 7.69. The van der Waals surface area contributed by atoms with Crippen LogP contribution in [0.3, 0.4) is 0 Å². The summed E-state index contributed by atoms with van der Waals surface area (Å²) in [4.78, 5) is 0. The SMILES string of the molecule is COc1c(C)cc(C)cc1CCCCCN. The van der Waals surface area contributed by atoms with E-state index >= 15 is 0 Å². The topological polar surface area (TPSA) is 35.2 Å². The van der Waals surface area contributed by atoms with Crippen LogP contribution in [0, 0.1) is 13.8 Å². The van der Waals surface area contributed by atoms with Crippen LogP contribution in [0.15, 0.2) is 12.1 Å². The number of nitrogens with two attached hydrogens (primary N) is 1. The number of unbranched alkanes of at least 4 members (excludes halogenated alkanes) is 2. The number of rotatable bonds is 6. The molecule has 0 aliphatic rings. The third-order valence-corrected chi connectivity index (χ3v) is 2.85. The van der Waals surface area contributed by atoms with Gasteiger partial charge in [0.05, 0.1) is 7.11 Å². The molecule has 0 fully saturated rings. The molecule has 0 radical (unpaired) electrons. The molecule has 1 rings (SSSR count). The maximum atomic E-state index is 5.49. The van der Waals surface area contributed by atoms with Crippen molar-refractivity contribution >= 4 is 0 Å². The van der Waals surface area contributed by atoms with Crippen molar-refractivity contribution in [1.29, 1.82) is 0 Å². The summed E-state index contributed by atoms with van der Waals surface area (Å²) in [5.41, 5.74) is 9.36. The smallest absolute Gasteiger partial charge is 0.124 e. The Morgan fingerprint density at radius 1 is 1.12 bits per heavy atom. The molecule has 90 valence electrons. The average molecular weight is 221 g/mol. The summed E-state index contributed by atoms with van der Waals surface area (Å²) in [5.74, 6) is 1.05. The Morgan fingerprint density at radius 2 is 1.88 bits per heavy atom.